The Morgan fingerprint density at radius 2 is 1.61 bits per heavy atom. The molecule has 4 N–H and O–H groups in total. The molecule has 3 aromatic rings. The van der Waals surface area contributed by atoms with Crippen molar-refractivity contribution in [3.8, 4) is 11.5 Å². The van der Waals surface area contributed by atoms with Crippen LogP contribution in [0.4, 0.5) is 30.4 Å². The Hall–Kier alpha value is -4.45. The van der Waals surface area contributed by atoms with Crippen LogP contribution < -0.4 is 26.0 Å². The summed E-state index contributed by atoms with van der Waals surface area (Å²) in [7, 11) is 0. The number of hydrogen-bond donors (Lipinski definition) is 4. The van der Waals surface area contributed by atoms with Gasteiger partial charge in [0.15, 0.2) is 17.4 Å². The number of nitrogens with zero attached hydrogens (tertiary/aromatic N) is 1. The van der Waals surface area contributed by atoms with Gasteiger partial charge >= 0.3 is 0 Å². The molecule has 0 atom stereocenters. The number of carbonyl (C=O) groups is 3. The third-order valence-electron chi connectivity index (χ3n) is 6.35. The minimum Gasteiger partial charge on any atom is -0.454 e. The highest BCUT2D eigenvalue weighted by atomic mass is 19.1. The third kappa shape index (κ3) is 5.30. The summed E-state index contributed by atoms with van der Waals surface area (Å²) in [6.45, 7) is 1.13. The zero-order valence-electron chi connectivity index (χ0n) is 19.8. The molecule has 1 saturated heterocycles. The van der Waals surface area contributed by atoms with Crippen LogP contribution in [0.25, 0.3) is 0 Å². The van der Waals surface area contributed by atoms with Gasteiger partial charge in [-0.1, -0.05) is 0 Å². The monoisotopic (exact) mass is 525 g/mol. The highest BCUT2D eigenvalue weighted by Gasteiger charge is 2.56. The fraction of sp³-hybridized carbons (Fsp3) is 0.231. The van der Waals surface area contributed by atoms with E-state index in [1.165, 1.54) is 30.5 Å². The molecule has 196 valence electrons. The molecule has 1 aromatic heterocycles. The summed E-state index contributed by atoms with van der Waals surface area (Å²) >= 11 is 0. The van der Waals surface area contributed by atoms with E-state index in [0.29, 0.717) is 18.8 Å². The van der Waals surface area contributed by atoms with Gasteiger partial charge in [-0.2, -0.15) is 0 Å². The van der Waals surface area contributed by atoms with Crippen molar-refractivity contribution < 1.29 is 32.3 Å². The lowest BCUT2D eigenvalue weighted by Crippen LogP contribution is -2.48. The predicted octanol–water partition coefficient (Wildman–Crippen LogP) is 3.81. The molecule has 1 aliphatic heterocycles. The first kappa shape index (κ1) is 25.2. The van der Waals surface area contributed by atoms with E-state index in [9.17, 15) is 27.6 Å². The molecule has 2 fully saturated rings. The SMILES string of the molecule is O=C(Nc1cc(Oc2cc(F)c(NC(=O)C3(C(=O)Nc4ccc(F)cc4)CC3)cc2F)ccn1)C1CNC1. The number of amides is 3. The van der Waals surface area contributed by atoms with E-state index in [2.05, 4.69) is 26.3 Å². The Balaban J connectivity index is 1.24. The number of anilines is 3. The van der Waals surface area contributed by atoms with E-state index in [0.717, 1.165) is 24.3 Å². The first-order chi connectivity index (χ1) is 18.2. The van der Waals surface area contributed by atoms with Gasteiger partial charge in [0, 0.05) is 43.2 Å². The Morgan fingerprint density at radius 1 is 0.895 bits per heavy atom. The molecule has 1 saturated carbocycles. The number of rotatable bonds is 8. The molecular formula is C26H22F3N5O4. The summed E-state index contributed by atoms with van der Waals surface area (Å²) < 4.78 is 48.1. The van der Waals surface area contributed by atoms with Crippen molar-refractivity contribution in [1.82, 2.24) is 10.3 Å². The van der Waals surface area contributed by atoms with E-state index < -0.39 is 46.1 Å². The van der Waals surface area contributed by atoms with Gasteiger partial charge in [-0.3, -0.25) is 14.4 Å². The maximum absolute atomic E-state index is 14.8. The van der Waals surface area contributed by atoms with Crippen molar-refractivity contribution in [3.05, 3.63) is 72.2 Å². The van der Waals surface area contributed by atoms with E-state index in [-0.39, 0.29) is 36.2 Å². The molecule has 0 spiro atoms. The van der Waals surface area contributed by atoms with E-state index in [4.69, 9.17) is 4.74 Å². The second-order valence-electron chi connectivity index (χ2n) is 9.08. The molecule has 0 bridgehead atoms. The van der Waals surface area contributed by atoms with Gasteiger partial charge in [-0.05, 0) is 43.2 Å². The van der Waals surface area contributed by atoms with E-state index >= 15 is 0 Å². The van der Waals surface area contributed by atoms with Crippen LogP contribution in [-0.4, -0.2) is 35.8 Å². The topological polar surface area (TPSA) is 121 Å². The average molecular weight is 525 g/mol. The van der Waals surface area contributed by atoms with Crippen molar-refractivity contribution in [1.29, 1.82) is 0 Å². The zero-order chi connectivity index (χ0) is 26.9. The van der Waals surface area contributed by atoms with Crippen molar-refractivity contribution >= 4 is 34.9 Å². The van der Waals surface area contributed by atoms with Crippen LogP contribution in [0, 0.1) is 28.8 Å². The molecule has 38 heavy (non-hydrogen) atoms. The van der Waals surface area contributed by atoms with Crippen molar-refractivity contribution in [2.24, 2.45) is 11.3 Å². The van der Waals surface area contributed by atoms with Gasteiger partial charge in [-0.25, -0.2) is 18.2 Å². The van der Waals surface area contributed by atoms with Crippen LogP contribution in [0.3, 0.4) is 0 Å². The van der Waals surface area contributed by atoms with Crippen molar-refractivity contribution in [2.45, 2.75) is 12.8 Å². The van der Waals surface area contributed by atoms with E-state index in [1.807, 2.05) is 0 Å². The lowest BCUT2D eigenvalue weighted by molar-refractivity contribution is -0.131. The highest BCUT2D eigenvalue weighted by molar-refractivity contribution is 6.17. The normalized spacial score (nSPS) is 15.7. The standard InChI is InChI=1S/C26H22F3N5O4/c27-15-1-3-16(4-2-15)32-24(36)26(6-7-26)25(37)33-20-10-19(29)21(11-18(20)28)38-17-5-8-31-22(9-17)34-23(35)14-12-30-13-14/h1-5,8-11,14,30H,6-7,12-13H2,(H,32,36)(H,33,37)(H,31,34,35). The highest BCUT2D eigenvalue weighted by Crippen LogP contribution is 2.47. The van der Waals surface area contributed by atoms with Gasteiger partial charge in [-0.15, -0.1) is 0 Å². The van der Waals surface area contributed by atoms with Gasteiger partial charge in [0.05, 0.1) is 11.6 Å². The lowest BCUT2D eigenvalue weighted by atomic mass is 10.0. The average Bonchev–Trinajstić information content (AvgIpc) is 3.65. The molecular weight excluding hydrogens is 503 g/mol. The van der Waals surface area contributed by atoms with Crippen LogP contribution in [-0.2, 0) is 14.4 Å². The Labute approximate surface area is 214 Å². The van der Waals surface area contributed by atoms with Crippen LogP contribution in [0.5, 0.6) is 11.5 Å². The van der Waals surface area contributed by atoms with Crippen LogP contribution >= 0.6 is 0 Å². The van der Waals surface area contributed by atoms with Gasteiger partial charge < -0.3 is 26.0 Å². The minimum absolute atomic E-state index is 0.103. The number of pyridine rings is 1. The second kappa shape index (κ2) is 10.1. The Bertz CT molecular complexity index is 1410. The second-order valence-corrected chi connectivity index (χ2v) is 9.08. The number of nitrogens with one attached hydrogen (secondary N) is 4. The summed E-state index contributed by atoms with van der Waals surface area (Å²) in [5, 5.41) is 10.4. The molecule has 0 unspecified atom stereocenters. The first-order valence-electron chi connectivity index (χ1n) is 11.8. The summed E-state index contributed by atoms with van der Waals surface area (Å²) in [5.74, 6) is -4.40. The van der Waals surface area contributed by atoms with Crippen molar-refractivity contribution in [3.63, 3.8) is 0 Å². The summed E-state index contributed by atoms with van der Waals surface area (Å²) in [6.07, 6.45) is 1.78. The zero-order valence-corrected chi connectivity index (χ0v) is 19.8. The quantitative estimate of drug-likeness (QED) is 0.332. The predicted molar refractivity (Wildman–Crippen MR) is 131 cm³/mol. The molecule has 2 heterocycles. The maximum Gasteiger partial charge on any atom is 0.240 e. The van der Waals surface area contributed by atoms with Gasteiger partial charge in [0.2, 0.25) is 17.7 Å². The Morgan fingerprint density at radius 3 is 2.26 bits per heavy atom. The number of halogens is 3. The minimum atomic E-state index is -1.44. The third-order valence-corrected chi connectivity index (χ3v) is 6.35. The number of ether oxygens (including phenoxy) is 1. The first-order valence-corrected chi connectivity index (χ1v) is 11.8. The molecule has 12 heteroatoms. The number of benzene rings is 2. The molecule has 5 rings (SSSR count). The van der Waals surface area contributed by atoms with Crippen LogP contribution in [0.2, 0.25) is 0 Å². The van der Waals surface area contributed by atoms with Crippen LogP contribution in [0.15, 0.2) is 54.7 Å². The number of aromatic nitrogens is 1. The van der Waals surface area contributed by atoms with E-state index in [1.54, 1.807) is 0 Å². The summed E-state index contributed by atoms with van der Waals surface area (Å²) in [6, 6.07) is 9.31. The molecule has 3 amide bonds. The molecule has 2 aromatic carbocycles. The van der Waals surface area contributed by atoms with Crippen LogP contribution in [0.1, 0.15) is 12.8 Å². The summed E-state index contributed by atoms with van der Waals surface area (Å²) in [5.41, 5.74) is -1.61. The Kier molecular flexibility index (Phi) is 6.72. The summed E-state index contributed by atoms with van der Waals surface area (Å²) in [4.78, 5) is 41.6. The number of hydrogen-bond acceptors (Lipinski definition) is 6. The molecule has 9 nitrogen and oxygen atoms in total. The maximum atomic E-state index is 14.8. The lowest BCUT2D eigenvalue weighted by Gasteiger charge is -2.25. The van der Waals surface area contributed by atoms with Crippen molar-refractivity contribution in [2.75, 3.05) is 29.0 Å². The van der Waals surface area contributed by atoms with Gasteiger partial charge in [0.1, 0.15) is 22.8 Å². The molecule has 1 aliphatic carbocycles. The fourth-order valence-electron chi connectivity index (χ4n) is 3.78. The smallest absolute Gasteiger partial charge is 0.240 e. The fourth-order valence-corrected chi connectivity index (χ4v) is 3.78. The largest absolute Gasteiger partial charge is 0.454 e. The molecule has 0 radical (unpaired) electrons. The number of carbonyl (C=O) groups excluding carboxylic acids is 3. The van der Waals surface area contributed by atoms with Gasteiger partial charge in [0.25, 0.3) is 0 Å². The molecule has 2 aliphatic rings.